The van der Waals surface area contributed by atoms with Crippen LogP contribution in [0.15, 0.2) is 23.1 Å². The number of sulfonamides is 1. The summed E-state index contributed by atoms with van der Waals surface area (Å²) in [5.41, 5.74) is 1.74. The van der Waals surface area contributed by atoms with E-state index in [2.05, 4.69) is 4.72 Å². The van der Waals surface area contributed by atoms with Gasteiger partial charge in [0.2, 0.25) is 10.0 Å². The van der Waals surface area contributed by atoms with Gasteiger partial charge >= 0.3 is 6.09 Å². The lowest BCUT2D eigenvalue weighted by molar-refractivity contribution is 0.131. The van der Waals surface area contributed by atoms with Crippen LogP contribution >= 0.6 is 0 Å². The lowest BCUT2D eigenvalue weighted by Crippen LogP contribution is -2.29. The SMILES string of the molecule is Cc1ccc(S(=O)(=O)NCCC2CN(C)C(=O)O2)c(C)c1. The van der Waals surface area contributed by atoms with Crippen LogP contribution < -0.4 is 4.72 Å². The van der Waals surface area contributed by atoms with Gasteiger partial charge in [0.05, 0.1) is 11.4 Å². The molecule has 0 bridgehead atoms. The van der Waals surface area contributed by atoms with E-state index in [1.165, 1.54) is 4.90 Å². The van der Waals surface area contributed by atoms with Crippen LogP contribution in [0.5, 0.6) is 0 Å². The van der Waals surface area contributed by atoms with Gasteiger partial charge in [-0.15, -0.1) is 0 Å². The van der Waals surface area contributed by atoms with Gasteiger partial charge in [0, 0.05) is 13.6 Å². The van der Waals surface area contributed by atoms with Gasteiger partial charge in [-0.1, -0.05) is 17.7 Å². The lowest BCUT2D eigenvalue weighted by atomic mass is 10.2. The molecule has 0 spiro atoms. The van der Waals surface area contributed by atoms with Crippen molar-refractivity contribution in [3.63, 3.8) is 0 Å². The normalized spacial score (nSPS) is 18.9. The number of hydrogen-bond acceptors (Lipinski definition) is 4. The molecule has 0 saturated carbocycles. The standard InChI is InChI=1S/C14H20N2O4S/c1-10-4-5-13(11(2)8-10)21(18,19)15-7-6-12-9-16(3)14(17)20-12/h4-5,8,12,15H,6-7,9H2,1-3H3. The average molecular weight is 312 g/mol. The van der Waals surface area contributed by atoms with Crippen LogP contribution in [0.25, 0.3) is 0 Å². The van der Waals surface area contributed by atoms with Crippen molar-refractivity contribution in [2.75, 3.05) is 20.1 Å². The van der Waals surface area contributed by atoms with Crippen molar-refractivity contribution < 1.29 is 17.9 Å². The summed E-state index contributed by atoms with van der Waals surface area (Å²) < 4.78 is 32.1. The molecule has 1 fully saturated rings. The maximum Gasteiger partial charge on any atom is 0.409 e. The van der Waals surface area contributed by atoms with Crippen LogP contribution in [0.2, 0.25) is 0 Å². The third-order valence-electron chi connectivity index (χ3n) is 3.43. The van der Waals surface area contributed by atoms with Gasteiger partial charge in [-0.05, 0) is 31.9 Å². The molecule has 0 aromatic heterocycles. The highest BCUT2D eigenvalue weighted by atomic mass is 32.2. The van der Waals surface area contributed by atoms with E-state index in [0.29, 0.717) is 13.0 Å². The van der Waals surface area contributed by atoms with Crippen molar-refractivity contribution in [3.8, 4) is 0 Å². The fourth-order valence-corrected chi connectivity index (χ4v) is 3.60. The second-order valence-electron chi connectivity index (χ2n) is 5.34. The summed E-state index contributed by atoms with van der Waals surface area (Å²) in [6.07, 6.45) is -0.165. The number of benzene rings is 1. The van der Waals surface area contributed by atoms with Crippen LogP contribution in [-0.4, -0.2) is 45.7 Å². The molecule has 1 aliphatic rings. The van der Waals surface area contributed by atoms with Crippen molar-refractivity contribution in [2.24, 2.45) is 0 Å². The average Bonchev–Trinajstić information content (AvgIpc) is 2.67. The highest BCUT2D eigenvalue weighted by molar-refractivity contribution is 7.89. The van der Waals surface area contributed by atoms with E-state index < -0.39 is 10.0 Å². The van der Waals surface area contributed by atoms with Crippen LogP contribution in [0.3, 0.4) is 0 Å². The number of cyclic esters (lactones) is 1. The lowest BCUT2D eigenvalue weighted by Gasteiger charge is -2.11. The molecule has 6 nitrogen and oxygen atoms in total. The maximum atomic E-state index is 12.2. The molecule has 116 valence electrons. The topological polar surface area (TPSA) is 75.7 Å². The summed E-state index contributed by atoms with van der Waals surface area (Å²) in [6, 6.07) is 5.22. The minimum Gasteiger partial charge on any atom is -0.444 e. The Balaban J connectivity index is 1.94. The third kappa shape index (κ3) is 3.74. The Hall–Kier alpha value is -1.60. The van der Waals surface area contributed by atoms with Crippen molar-refractivity contribution in [1.29, 1.82) is 0 Å². The van der Waals surface area contributed by atoms with E-state index in [1.54, 1.807) is 26.1 Å². The largest absolute Gasteiger partial charge is 0.444 e. The van der Waals surface area contributed by atoms with Crippen LogP contribution in [0, 0.1) is 13.8 Å². The molecule has 0 aliphatic carbocycles. The molecular weight excluding hydrogens is 292 g/mol. The summed E-state index contributed by atoms with van der Waals surface area (Å²) in [5, 5.41) is 0. The Morgan fingerprint density at radius 2 is 2.10 bits per heavy atom. The van der Waals surface area contributed by atoms with E-state index >= 15 is 0 Å². The van der Waals surface area contributed by atoms with E-state index in [1.807, 2.05) is 13.0 Å². The van der Waals surface area contributed by atoms with Crippen molar-refractivity contribution in [1.82, 2.24) is 9.62 Å². The fourth-order valence-electron chi connectivity index (χ4n) is 2.33. The second-order valence-corrected chi connectivity index (χ2v) is 7.08. The quantitative estimate of drug-likeness (QED) is 0.892. The van der Waals surface area contributed by atoms with Gasteiger partial charge in [-0.25, -0.2) is 17.9 Å². The summed E-state index contributed by atoms with van der Waals surface area (Å²) >= 11 is 0. The Kier molecular flexibility index (Phi) is 4.53. The molecule has 0 radical (unpaired) electrons. The molecular formula is C14H20N2O4S. The van der Waals surface area contributed by atoms with Gasteiger partial charge in [0.25, 0.3) is 0 Å². The van der Waals surface area contributed by atoms with Crippen LogP contribution in [0.4, 0.5) is 4.79 Å². The first-order valence-corrected chi connectivity index (χ1v) is 8.26. The summed E-state index contributed by atoms with van der Waals surface area (Å²) in [4.78, 5) is 13.0. The zero-order valence-corrected chi connectivity index (χ0v) is 13.2. The Morgan fingerprint density at radius 3 is 2.67 bits per heavy atom. The second kappa shape index (κ2) is 6.03. The molecule has 7 heteroatoms. The predicted octanol–water partition coefficient (Wildman–Crippen LogP) is 1.42. The molecule has 1 saturated heterocycles. The minimum absolute atomic E-state index is 0.238. The number of carbonyl (C=O) groups is 1. The van der Waals surface area contributed by atoms with Gasteiger partial charge < -0.3 is 9.64 Å². The monoisotopic (exact) mass is 312 g/mol. The zero-order valence-electron chi connectivity index (χ0n) is 12.4. The number of nitrogens with zero attached hydrogens (tertiary/aromatic N) is 1. The summed E-state index contributed by atoms with van der Waals surface area (Å²) in [6.45, 7) is 4.42. The number of aryl methyl sites for hydroxylation is 2. The van der Waals surface area contributed by atoms with Crippen LogP contribution in [-0.2, 0) is 14.8 Å². The molecule has 1 atom stereocenters. The van der Waals surface area contributed by atoms with E-state index in [-0.39, 0.29) is 23.6 Å². The van der Waals surface area contributed by atoms with Gasteiger partial charge in [0.1, 0.15) is 6.10 Å². The van der Waals surface area contributed by atoms with Crippen molar-refractivity contribution >= 4 is 16.1 Å². The van der Waals surface area contributed by atoms with Crippen molar-refractivity contribution in [2.45, 2.75) is 31.3 Å². The Bertz CT molecular complexity index is 642. The zero-order chi connectivity index (χ0) is 15.6. The predicted molar refractivity (Wildman–Crippen MR) is 78.6 cm³/mol. The van der Waals surface area contributed by atoms with Gasteiger partial charge in [-0.2, -0.15) is 0 Å². The number of likely N-dealkylation sites (N-methyl/N-ethyl adjacent to an activating group) is 1. The van der Waals surface area contributed by atoms with Gasteiger partial charge in [-0.3, -0.25) is 0 Å². The number of ether oxygens (including phenoxy) is 1. The highest BCUT2D eigenvalue weighted by Crippen LogP contribution is 2.17. The summed E-state index contributed by atoms with van der Waals surface area (Å²) in [7, 11) is -1.88. The minimum atomic E-state index is -3.53. The first-order valence-electron chi connectivity index (χ1n) is 6.78. The first kappa shape index (κ1) is 15.8. The molecule has 21 heavy (non-hydrogen) atoms. The Morgan fingerprint density at radius 1 is 1.38 bits per heavy atom. The summed E-state index contributed by atoms with van der Waals surface area (Å²) in [5.74, 6) is 0. The smallest absolute Gasteiger partial charge is 0.409 e. The number of carbonyl (C=O) groups excluding carboxylic acids is 1. The maximum absolute atomic E-state index is 12.2. The number of nitrogens with one attached hydrogen (secondary N) is 1. The molecule has 1 aromatic carbocycles. The Labute approximate surface area is 125 Å². The molecule has 1 heterocycles. The highest BCUT2D eigenvalue weighted by Gasteiger charge is 2.28. The van der Waals surface area contributed by atoms with Crippen LogP contribution in [0.1, 0.15) is 17.5 Å². The molecule has 1 amide bonds. The first-order chi connectivity index (χ1) is 9.79. The molecule has 1 aromatic rings. The number of amides is 1. The van der Waals surface area contributed by atoms with Crippen molar-refractivity contribution in [3.05, 3.63) is 29.3 Å². The third-order valence-corrected chi connectivity index (χ3v) is 5.06. The molecule has 1 unspecified atom stereocenters. The van der Waals surface area contributed by atoms with E-state index in [0.717, 1.165) is 11.1 Å². The molecule has 1 N–H and O–H groups in total. The fraction of sp³-hybridized carbons (Fsp3) is 0.500. The molecule has 2 rings (SSSR count). The van der Waals surface area contributed by atoms with Gasteiger partial charge in [0.15, 0.2) is 0 Å². The number of hydrogen-bond donors (Lipinski definition) is 1. The molecule has 1 aliphatic heterocycles. The van der Waals surface area contributed by atoms with E-state index in [4.69, 9.17) is 4.74 Å². The number of rotatable bonds is 5. The van der Waals surface area contributed by atoms with E-state index in [9.17, 15) is 13.2 Å².